The second-order valence-corrected chi connectivity index (χ2v) is 6.22. The van der Waals surface area contributed by atoms with Crippen molar-refractivity contribution in [3.05, 3.63) is 52.0 Å². The van der Waals surface area contributed by atoms with Gasteiger partial charge in [0.25, 0.3) is 5.56 Å². The van der Waals surface area contributed by atoms with Crippen LogP contribution in [0.15, 0.2) is 41.5 Å². The van der Waals surface area contributed by atoms with Crippen molar-refractivity contribution in [2.75, 3.05) is 6.54 Å². The Hall–Kier alpha value is -2.71. The fourth-order valence-electron chi connectivity index (χ4n) is 2.68. The van der Waals surface area contributed by atoms with Crippen molar-refractivity contribution in [2.45, 2.75) is 6.92 Å². The van der Waals surface area contributed by atoms with Crippen molar-refractivity contribution in [2.24, 2.45) is 0 Å². The quantitative estimate of drug-likeness (QED) is 0.528. The van der Waals surface area contributed by atoms with Gasteiger partial charge in [0.2, 0.25) is 0 Å². The topological polar surface area (TPSA) is 80.5 Å². The van der Waals surface area contributed by atoms with Crippen LogP contribution in [0.1, 0.15) is 6.92 Å². The van der Waals surface area contributed by atoms with Gasteiger partial charge in [-0.1, -0.05) is 11.6 Å². The summed E-state index contributed by atoms with van der Waals surface area (Å²) in [5.41, 5.74) is 2.17. The van der Waals surface area contributed by atoms with Gasteiger partial charge in [0.15, 0.2) is 5.11 Å². The number of hydrogen-bond acceptors (Lipinski definition) is 4. The molecule has 126 valence electrons. The monoisotopic (exact) mass is 372 g/mol. The summed E-state index contributed by atoms with van der Waals surface area (Å²) >= 11 is 11.2. The third kappa shape index (κ3) is 2.50. The van der Waals surface area contributed by atoms with E-state index in [1.807, 2.05) is 6.92 Å². The first-order chi connectivity index (χ1) is 12.1. The first kappa shape index (κ1) is 15.8. The molecule has 1 aromatic carbocycles. The van der Waals surface area contributed by atoms with Crippen LogP contribution in [0.3, 0.4) is 0 Å². The van der Waals surface area contributed by atoms with E-state index in [1.54, 1.807) is 41.3 Å². The Labute approximate surface area is 152 Å². The van der Waals surface area contributed by atoms with Crippen LogP contribution >= 0.6 is 23.8 Å². The number of thiocarbonyl (C=S) groups is 1. The van der Waals surface area contributed by atoms with Gasteiger partial charge in [-0.2, -0.15) is 19.6 Å². The molecule has 2 aromatic rings. The summed E-state index contributed by atoms with van der Waals surface area (Å²) < 4.78 is 2.94. The van der Waals surface area contributed by atoms with Crippen molar-refractivity contribution in [3.8, 4) is 16.9 Å². The predicted molar refractivity (Wildman–Crippen MR) is 101 cm³/mol. The van der Waals surface area contributed by atoms with E-state index < -0.39 is 0 Å². The molecule has 9 heteroatoms. The van der Waals surface area contributed by atoms with Crippen molar-refractivity contribution in [1.29, 1.82) is 0 Å². The summed E-state index contributed by atoms with van der Waals surface area (Å²) in [5, 5.41) is 13.6. The van der Waals surface area contributed by atoms with Gasteiger partial charge in [-0.25, -0.2) is 0 Å². The highest BCUT2D eigenvalue weighted by molar-refractivity contribution is 7.80. The second kappa shape index (κ2) is 5.98. The molecule has 2 aliphatic heterocycles. The Kier molecular flexibility index (Phi) is 3.78. The molecule has 2 N–H and O–H groups in total. The fourth-order valence-corrected chi connectivity index (χ4v) is 3.09. The van der Waals surface area contributed by atoms with Crippen LogP contribution in [0.5, 0.6) is 0 Å². The lowest BCUT2D eigenvalue weighted by Crippen LogP contribution is -2.28. The lowest BCUT2D eigenvalue weighted by atomic mass is 10.2. The third-order valence-electron chi connectivity index (χ3n) is 3.85. The van der Waals surface area contributed by atoms with Gasteiger partial charge in [-0.3, -0.25) is 4.79 Å². The van der Waals surface area contributed by atoms with E-state index >= 15 is 0 Å². The minimum Gasteiger partial charge on any atom is -0.361 e. The molecule has 25 heavy (non-hydrogen) atoms. The van der Waals surface area contributed by atoms with Gasteiger partial charge in [0, 0.05) is 17.8 Å². The molecule has 0 radical (unpaired) electrons. The first-order valence-electron chi connectivity index (χ1n) is 7.62. The zero-order chi connectivity index (χ0) is 17.6. The van der Waals surface area contributed by atoms with E-state index in [2.05, 4.69) is 20.5 Å². The Balaban J connectivity index is 1.92. The van der Waals surface area contributed by atoms with E-state index in [9.17, 15) is 4.79 Å². The molecule has 1 aromatic heterocycles. The van der Waals surface area contributed by atoms with E-state index in [1.165, 1.54) is 4.68 Å². The molecule has 0 amide bonds. The van der Waals surface area contributed by atoms with Gasteiger partial charge in [0.05, 0.1) is 22.8 Å². The lowest BCUT2D eigenvalue weighted by molar-refractivity contribution is 0.859. The largest absolute Gasteiger partial charge is 0.361 e. The van der Waals surface area contributed by atoms with Gasteiger partial charge in [0.1, 0.15) is 11.3 Å². The maximum absolute atomic E-state index is 12.7. The molecule has 3 heterocycles. The minimum atomic E-state index is -0.211. The Morgan fingerprint density at radius 3 is 2.84 bits per heavy atom. The number of hydrogen-bond donors (Lipinski definition) is 2. The van der Waals surface area contributed by atoms with Crippen LogP contribution in [0.4, 0.5) is 0 Å². The Morgan fingerprint density at radius 1 is 1.36 bits per heavy atom. The minimum absolute atomic E-state index is 0.211. The Morgan fingerprint density at radius 2 is 2.12 bits per heavy atom. The van der Waals surface area contributed by atoms with Crippen molar-refractivity contribution in [1.82, 2.24) is 29.9 Å². The molecule has 0 atom stereocenters. The number of nitrogens with zero attached hydrogens (tertiary/aromatic N) is 4. The zero-order valence-electron chi connectivity index (χ0n) is 13.2. The maximum atomic E-state index is 12.7. The van der Waals surface area contributed by atoms with Crippen LogP contribution in [0, 0.1) is 0 Å². The van der Waals surface area contributed by atoms with Crippen LogP contribution in [0.2, 0.25) is 5.02 Å². The van der Waals surface area contributed by atoms with Crippen LogP contribution in [0.25, 0.3) is 28.0 Å². The van der Waals surface area contributed by atoms with Gasteiger partial charge in [-0.05, 0) is 43.4 Å². The first-order valence-corrected chi connectivity index (χ1v) is 8.41. The summed E-state index contributed by atoms with van der Waals surface area (Å²) in [6, 6.07) is 6.94. The van der Waals surface area contributed by atoms with Crippen molar-refractivity contribution < 1.29 is 0 Å². The third-order valence-corrected chi connectivity index (χ3v) is 4.42. The summed E-state index contributed by atoms with van der Waals surface area (Å²) in [5.74, 6) is 0. The summed E-state index contributed by atoms with van der Waals surface area (Å²) in [6.45, 7) is 2.65. The zero-order valence-corrected chi connectivity index (χ0v) is 14.7. The number of halogens is 1. The molecular weight excluding hydrogens is 360 g/mol. The van der Waals surface area contributed by atoms with E-state index in [4.69, 9.17) is 23.8 Å². The van der Waals surface area contributed by atoms with Crippen LogP contribution in [-0.4, -0.2) is 36.2 Å². The number of rotatable bonds is 2. The molecular formula is C16H13ClN6OS. The number of H-pyrrole nitrogens is 1. The average molecular weight is 373 g/mol. The molecule has 0 saturated heterocycles. The van der Waals surface area contributed by atoms with Crippen molar-refractivity contribution >= 4 is 40.0 Å². The smallest absolute Gasteiger partial charge is 0.282 e. The van der Waals surface area contributed by atoms with Crippen molar-refractivity contribution in [3.63, 3.8) is 0 Å². The number of aromatic amines is 1. The predicted octanol–water partition coefficient (Wildman–Crippen LogP) is 2.41. The second-order valence-electron chi connectivity index (χ2n) is 5.40. The molecule has 0 saturated carbocycles. The molecule has 7 nitrogen and oxygen atoms in total. The van der Waals surface area contributed by atoms with Crippen LogP contribution in [-0.2, 0) is 0 Å². The average Bonchev–Trinajstić information content (AvgIpc) is 3.17. The highest BCUT2D eigenvalue weighted by Crippen LogP contribution is 2.26. The molecule has 2 aliphatic rings. The highest BCUT2D eigenvalue weighted by atomic mass is 35.5. The number of fused-ring (bicyclic) bond motifs is 3. The maximum Gasteiger partial charge on any atom is 0.282 e. The molecule has 0 spiro atoms. The van der Waals surface area contributed by atoms with E-state index in [0.29, 0.717) is 39.3 Å². The number of aromatic nitrogens is 5. The highest BCUT2D eigenvalue weighted by Gasteiger charge is 2.21. The molecule has 0 fully saturated rings. The standard InChI is InChI=1S/C16H13ClN6OS/c1-2-18-16(25)23-14-11(8-20-23)13-12(7-19-14)15(24)22(21-13)10-5-3-9(17)4-6-10/h3-8,19H,2H2,1H3,(H,18,25). The molecule has 0 unspecified atom stereocenters. The fraction of sp³-hybridized carbons (Fsp3) is 0.125. The van der Waals surface area contributed by atoms with Crippen LogP contribution < -0.4 is 10.9 Å². The van der Waals surface area contributed by atoms with E-state index in [0.717, 1.165) is 5.39 Å². The lowest BCUT2D eigenvalue weighted by Gasteiger charge is -2.06. The normalized spacial score (nSPS) is 11.3. The molecule has 0 aliphatic carbocycles. The van der Waals surface area contributed by atoms with Gasteiger partial charge in [-0.15, -0.1) is 0 Å². The van der Waals surface area contributed by atoms with E-state index in [-0.39, 0.29) is 5.56 Å². The number of pyridine rings is 1. The SMILES string of the molecule is CCNC(=S)n1ncc2c3nn(-c4ccc(Cl)cc4)c(=O)c-3c[nH]c21. The summed E-state index contributed by atoms with van der Waals surface area (Å²) in [7, 11) is 0. The van der Waals surface area contributed by atoms with Gasteiger partial charge < -0.3 is 10.3 Å². The molecule has 0 bridgehead atoms. The summed E-state index contributed by atoms with van der Waals surface area (Å²) in [6.07, 6.45) is 3.28. The summed E-state index contributed by atoms with van der Waals surface area (Å²) in [4.78, 5) is 15.8. The Bertz CT molecular complexity index is 1110. The number of benzene rings is 1. The van der Waals surface area contributed by atoms with Gasteiger partial charge >= 0.3 is 0 Å². The molecule has 4 rings (SSSR count). The number of nitrogens with one attached hydrogen (secondary N) is 2.